The summed E-state index contributed by atoms with van der Waals surface area (Å²) in [5, 5.41) is 0. The summed E-state index contributed by atoms with van der Waals surface area (Å²) in [6.07, 6.45) is 4.55. The zero-order chi connectivity index (χ0) is 17.2. The molecule has 0 atom stereocenters. The van der Waals surface area contributed by atoms with Crippen LogP contribution < -0.4 is 4.90 Å². The maximum Gasteiger partial charge on any atom is 0.241 e. The molecule has 1 aliphatic rings. The second-order valence-corrected chi connectivity index (χ2v) is 7.83. The van der Waals surface area contributed by atoms with E-state index >= 15 is 0 Å². The van der Waals surface area contributed by atoms with E-state index < -0.39 is 9.84 Å². The number of hydrogen-bond donors (Lipinski definition) is 0. The highest BCUT2D eigenvalue weighted by atomic mass is 32.2. The minimum atomic E-state index is -3.28. The standard InChI is InChI=1S/C17H19N3O3S/c1-24(22,23)16-7-3-2-5-14(16)12-19-9-10-20(17(21)13-19)15-6-4-8-18-11-15/h2-8,11H,9-10,12-13H2,1H3. The van der Waals surface area contributed by atoms with E-state index in [-0.39, 0.29) is 12.5 Å². The molecule has 1 aliphatic heterocycles. The van der Waals surface area contributed by atoms with Crippen molar-refractivity contribution in [1.82, 2.24) is 9.88 Å². The van der Waals surface area contributed by atoms with Gasteiger partial charge in [-0.3, -0.25) is 14.7 Å². The first kappa shape index (κ1) is 16.6. The Morgan fingerprint density at radius 3 is 2.58 bits per heavy atom. The van der Waals surface area contributed by atoms with Gasteiger partial charge >= 0.3 is 0 Å². The number of amides is 1. The summed E-state index contributed by atoms with van der Waals surface area (Å²) in [7, 11) is -3.28. The smallest absolute Gasteiger partial charge is 0.241 e. The van der Waals surface area contributed by atoms with E-state index in [4.69, 9.17) is 0 Å². The summed E-state index contributed by atoms with van der Waals surface area (Å²) < 4.78 is 23.8. The molecular weight excluding hydrogens is 326 g/mol. The summed E-state index contributed by atoms with van der Waals surface area (Å²) in [5.41, 5.74) is 1.52. The first-order valence-electron chi connectivity index (χ1n) is 7.66. The van der Waals surface area contributed by atoms with Crippen molar-refractivity contribution in [3.63, 3.8) is 0 Å². The fourth-order valence-corrected chi connectivity index (χ4v) is 3.81. The van der Waals surface area contributed by atoms with Crippen molar-refractivity contribution in [2.45, 2.75) is 11.4 Å². The third kappa shape index (κ3) is 3.63. The molecule has 0 saturated carbocycles. The summed E-state index contributed by atoms with van der Waals surface area (Å²) in [6.45, 7) is 1.94. The molecule has 1 fully saturated rings. The third-order valence-corrected chi connectivity index (χ3v) is 5.22. The lowest BCUT2D eigenvalue weighted by Crippen LogP contribution is -2.50. The quantitative estimate of drug-likeness (QED) is 0.836. The van der Waals surface area contributed by atoms with E-state index in [0.717, 1.165) is 11.3 Å². The first-order chi connectivity index (χ1) is 11.4. The van der Waals surface area contributed by atoms with Gasteiger partial charge in [0.15, 0.2) is 9.84 Å². The molecule has 0 unspecified atom stereocenters. The van der Waals surface area contributed by atoms with Crippen molar-refractivity contribution in [1.29, 1.82) is 0 Å². The van der Waals surface area contributed by atoms with Gasteiger partial charge in [-0.1, -0.05) is 18.2 Å². The van der Waals surface area contributed by atoms with E-state index in [0.29, 0.717) is 24.5 Å². The molecule has 3 rings (SSSR count). The fraction of sp³-hybridized carbons (Fsp3) is 0.294. The van der Waals surface area contributed by atoms with Gasteiger partial charge in [-0.15, -0.1) is 0 Å². The Morgan fingerprint density at radius 1 is 1.12 bits per heavy atom. The number of pyridine rings is 1. The number of sulfone groups is 1. The molecule has 24 heavy (non-hydrogen) atoms. The van der Waals surface area contributed by atoms with Crippen LogP contribution in [0.5, 0.6) is 0 Å². The molecule has 0 radical (unpaired) electrons. The Morgan fingerprint density at radius 2 is 1.92 bits per heavy atom. The molecular formula is C17H19N3O3S. The number of carbonyl (C=O) groups is 1. The van der Waals surface area contributed by atoms with Crippen molar-refractivity contribution >= 4 is 21.4 Å². The van der Waals surface area contributed by atoms with Gasteiger partial charge in [-0.05, 0) is 23.8 Å². The Kier molecular flexibility index (Phi) is 4.64. The second kappa shape index (κ2) is 6.70. The molecule has 7 heteroatoms. The predicted octanol–water partition coefficient (Wildman–Crippen LogP) is 1.33. The number of carbonyl (C=O) groups excluding carboxylic acids is 1. The zero-order valence-electron chi connectivity index (χ0n) is 13.4. The number of benzene rings is 1. The van der Waals surface area contributed by atoms with Crippen molar-refractivity contribution < 1.29 is 13.2 Å². The van der Waals surface area contributed by atoms with Crippen molar-refractivity contribution in [2.24, 2.45) is 0 Å². The van der Waals surface area contributed by atoms with Crippen LogP contribution in [-0.4, -0.2) is 50.1 Å². The van der Waals surface area contributed by atoms with Gasteiger partial charge in [0.1, 0.15) is 0 Å². The van der Waals surface area contributed by atoms with Crippen molar-refractivity contribution in [2.75, 3.05) is 30.8 Å². The topological polar surface area (TPSA) is 70.6 Å². The van der Waals surface area contributed by atoms with Gasteiger partial charge in [-0.2, -0.15) is 0 Å². The van der Waals surface area contributed by atoms with Crippen molar-refractivity contribution in [3.05, 3.63) is 54.4 Å². The van der Waals surface area contributed by atoms with Crippen LogP contribution in [0.3, 0.4) is 0 Å². The number of nitrogens with zero attached hydrogens (tertiary/aromatic N) is 3. The van der Waals surface area contributed by atoms with Crippen LogP contribution >= 0.6 is 0 Å². The molecule has 1 saturated heterocycles. The van der Waals surface area contributed by atoms with Gasteiger partial charge in [0.05, 0.1) is 23.3 Å². The van der Waals surface area contributed by atoms with E-state index in [1.165, 1.54) is 6.26 Å². The highest BCUT2D eigenvalue weighted by Gasteiger charge is 2.26. The van der Waals surface area contributed by atoms with E-state index in [2.05, 4.69) is 4.98 Å². The van der Waals surface area contributed by atoms with E-state index in [1.54, 1.807) is 41.6 Å². The van der Waals surface area contributed by atoms with E-state index in [1.807, 2.05) is 17.0 Å². The van der Waals surface area contributed by atoms with Crippen LogP contribution in [-0.2, 0) is 21.2 Å². The Bertz CT molecular complexity index is 837. The number of anilines is 1. The van der Waals surface area contributed by atoms with Crippen LogP contribution in [0.4, 0.5) is 5.69 Å². The predicted molar refractivity (Wildman–Crippen MR) is 91.4 cm³/mol. The minimum absolute atomic E-state index is 0.00825. The Labute approximate surface area is 141 Å². The van der Waals surface area contributed by atoms with Crippen LogP contribution in [0.15, 0.2) is 53.7 Å². The monoisotopic (exact) mass is 345 g/mol. The lowest BCUT2D eigenvalue weighted by molar-refractivity contribution is -0.121. The maximum atomic E-state index is 12.4. The van der Waals surface area contributed by atoms with Gasteiger partial charge in [-0.25, -0.2) is 8.42 Å². The van der Waals surface area contributed by atoms with Crippen molar-refractivity contribution in [3.8, 4) is 0 Å². The van der Waals surface area contributed by atoms with Gasteiger partial charge < -0.3 is 4.90 Å². The minimum Gasteiger partial charge on any atom is -0.308 e. The molecule has 6 nitrogen and oxygen atoms in total. The van der Waals surface area contributed by atoms with Gasteiger partial charge in [0.25, 0.3) is 0 Å². The molecule has 0 bridgehead atoms. The lowest BCUT2D eigenvalue weighted by Gasteiger charge is -2.34. The number of aromatic nitrogens is 1. The summed E-state index contributed by atoms with van der Waals surface area (Å²) in [6, 6.07) is 10.6. The molecule has 0 spiro atoms. The summed E-state index contributed by atoms with van der Waals surface area (Å²) in [5.74, 6) is -0.00825. The number of rotatable bonds is 4. The Hall–Kier alpha value is -2.25. The van der Waals surface area contributed by atoms with Crippen LogP contribution in [0.1, 0.15) is 5.56 Å². The normalized spacial score (nSPS) is 16.4. The van der Waals surface area contributed by atoms with E-state index in [9.17, 15) is 13.2 Å². The molecule has 0 aliphatic carbocycles. The average molecular weight is 345 g/mol. The van der Waals surface area contributed by atoms with Crippen LogP contribution in [0, 0.1) is 0 Å². The largest absolute Gasteiger partial charge is 0.308 e. The molecule has 1 aromatic heterocycles. The highest BCUT2D eigenvalue weighted by molar-refractivity contribution is 7.90. The van der Waals surface area contributed by atoms with Crippen LogP contribution in [0.25, 0.3) is 0 Å². The van der Waals surface area contributed by atoms with Gasteiger partial charge in [0, 0.05) is 32.1 Å². The average Bonchev–Trinajstić information content (AvgIpc) is 2.55. The fourth-order valence-electron chi connectivity index (χ4n) is 2.88. The second-order valence-electron chi connectivity index (χ2n) is 5.85. The van der Waals surface area contributed by atoms with Crippen LogP contribution in [0.2, 0.25) is 0 Å². The SMILES string of the molecule is CS(=O)(=O)c1ccccc1CN1CCN(c2cccnc2)C(=O)C1. The molecule has 126 valence electrons. The summed E-state index contributed by atoms with van der Waals surface area (Å²) in [4.78, 5) is 20.5. The van der Waals surface area contributed by atoms with Gasteiger partial charge in [0.2, 0.25) is 5.91 Å². The zero-order valence-corrected chi connectivity index (χ0v) is 14.2. The maximum absolute atomic E-state index is 12.4. The first-order valence-corrected chi connectivity index (χ1v) is 9.55. The molecule has 1 aromatic carbocycles. The summed E-state index contributed by atoms with van der Waals surface area (Å²) >= 11 is 0. The number of hydrogen-bond acceptors (Lipinski definition) is 5. The number of piperazine rings is 1. The highest BCUT2D eigenvalue weighted by Crippen LogP contribution is 2.20. The molecule has 1 amide bonds. The molecule has 2 heterocycles. The molecule has 2 aromatic rings. The lowest BCUT2D eigenvalue weighted by atomic mass is 10.2. The molecule has 0 N–H and O–H groups in total. The Balaban J connectivity index is 1.73. The third-order valence-electron chi connectivity index (χ3n) is 4.02.